The largest absolute Gasteiger partial charge is 0.486 e. The Bertz CT molecular complexity index is 391. The minimum atomic E-state index is -0.546. The Morgan fingerprint density at radius 1 is 1.75 bits per heavy atom. The molecule has 0 aliphatic heterocycles. The number of nitro groups is 1. The Morgan fingerprint density at radius 3 is 3.00 bits per heavy atom. The fourth-order valence-corrected chi connectivity index (χ4v) is 1.02. The van der Waals surface area contributed by atoms with Gasteiger partial charge in [-0.3, -0.25) is 10.1 Å². The molecule has 0 fully saturated rings. The van der Waals surface area contributed by atoms with Gasteiger partial charge in [-0.15, -0.1) is 0 Å². The van der Waals surface area contributed by atoms with Crippen LogP contribution in [0.1, 0.15) is 0 Å². The first-order valence-electron chi connectivity index (χ1n) is 4.38. The summed E-state index contributed by atoms with van der Waals surface area (Å²) in [6, 6.07) is 3.21. The van der Waals surface area contributed by atoms with Crippen molar-refractivity contribution in [3.63, 3.8) is 0 Å². The zero-order valence-corrected chi connectivity index (χ0v) is 9.27. The third-order valence-corrected chi connectivity index (χ3v) is 1.90. The quantitative estimate of drug-likeness (QED) is 0.481. The third-order valence-electron chi connectivity index (χ3n) is 1.68. The molecule has 16 heavy (non-hydrogen) atoms. The van der Waals surface area contributed by atoms with Crippen LogP contribution in [0.3, 0.4) is 0 Å². The normalized spacial score (nSPS) is 11.0. The fraction of sp³-hybridized carbons (Fsp3) is 0.222. The molecule has 6 nitrogen and oxygen atoms in total. The summed E-state index contributed by atoms with van der Waals surface area (Å²) in [6.45, 7) is 0.0702. The number of hydrogen-bond donors (Lipinski definition) is 1. The Hall–Kier alpha value is -1.82. The maximum atomic E-state index is 10.2. The van der Waals surface area contributed by atoms with Crippen LogP contribution in [0.4, 0.5) is 0 Å². The number of rotatable bonds is 5. The van der Waals surface area contributed by atoms with Crippen LogP contribution in [0.25, 0.3) is 0 Å². The van der Waals surface area contributed by atoms with Crippen LogP contribution in [0.2, 0.25) is 5.15 Å². The molecule has 0 unspecified atom stereocenters. The first-order valence-corrected chi connectivity index (χ1v) is 4.76. The van der Waals surface area contributed by atoms with Gasteiger partial charge in [0.15, 0.2) is 0 Å². The zero-order chi connectivity index (χ0) is 12.0. The predicted molar refractivity (Wildman–Crippen MR) is 58.9 cm³/mol. The van der Waals surface area contributed by atoms with Crippen molar-refractivity contribution in [1.82, 2.24) is 10.3 Å². The van der Waals surface area contributed by atoms with Gasteiger partial charge in [0.2, 0.25) is 0 Å². The molecule has 7 heteroatoms. The molecule has 1 rings (SSSR count). The van der Waals surface area contributed by atoms with E-state index >= 15 is 0 Å². The summed E-state index contributed by atoms with van der Waals surface area (Å²) in [6.07, 6.45) is 2.30. The van der Waals surface area contributed by atoms with Gasteiger partial charge in [-0.05, 0) is 12.1 Å². The molecular weight excluding hydrogens is 234 g/mol. The average molecular weight is 244 g/mol. The van der Waals surface area contributed by atoms with Gasteiger partial charge < -0.3 is 10.1 Å². The van der Waals surface area contributed by atoms with Crippen LogP contribution in [0.15, 0.2) is 30.2 Å². The Kier molecular flexibility index (Phi) is 4.53. The molecule has 0 radical (unpaired) electrons. The van der Waals surface area contributed by atoms with Crippen LogP contribution >= 0.6 is 11.6 Å². The number of pyridine rings is 1. The highest BCUT2D eigenvalue weighted by molar-refractivity contribution is 6.29. The van der Waals surface area contributed by atoms with Gasteiger partial charge in [-0.1, -0.05) is 11.6 Å². The van der Waals surface area contributed by atoms with Crippen LogP contribution < -0.4 is 10.1 Å². The van der Waals surface area contributed by atoms with Gasteiger partial charge in [-0.25, -0.2) is 4.98 Å². The van der Waals surface area contributed by atoms with E-state index in [4.69, 9.17) is 16.3 Å². The standard InChI is InChI=1S/C9H10ClN3O3/c1-11-7(5-13(14)15)6-16-8-2-3-9(10)12-4-8/h2-5,11H,6H2,1H3. The molecule has 1 N–H and O–H groups in total. The van der Waals surface area contributed by atoms with E-state index in [1.807, 2.05) is 0 Å². The summed E-state index contributed by atoms with van der Waals surface area (Å²) >= 11 is 5.59. The number of aromatic nitrogens is 1. The van der Waals surface area contributed by atoms with Gasteiger partial charge in [-0.2, -0.15) is 0 Å². The van der Waals surface area contributed by atoms with Crippen molar-refractivity contribution in [2.24, 2.45) is 0 Å². The Labute approximate surface area is 97.0 Å². The van der Waals surface area contributed by atoms with Crippen molar-refractivity contribution in [1.29, 1.82) is 0 Å². The lowest BCUT2D eigenvalue weighted by Gasteiger charge is -2.06. The lowest BCUT2D eigenvalue weighted by atomic mass is 10.4. The number of nitrogens with one attached hydrogen (secondary N) is 1. The van der Waals surface area contributed by atoms with Crippen molar-refractivity contribution >= 4 is 11.6 Å². The van der Waals surface area contributed by atoms with E-state index in [9.17, 15) is 10.1 Å². The first-order chi connectivity index (χ1) is 7.61. The number of likely N-dealkylation sites (N-methyl/N-ethyl adjacent to an activating group) is 1. The van der Waals surface area contributed by atoms with Gasteiger partial charge in [0.25, 0.3) is 6.20 Å². The summed E-state index contributed by atoms with van der Waals surface area (Å²) in [5.74, 6) is 0.494. The molecule has 86 valence electrons. The van der Waals surface area contributed by atoms with Crippen molar-refractivity contribution < 1.29 is 9.66 Å². The third kappa shape index (κ3) is 4.14. The highest BCUT2D eigenvalue weighted by Gasteiger charge is 2.02. The molecule has 0 aliphatic rings. The van der Waals surface area contributed by atoms with E-state index in [1.54, 1.807) is 19.2 Å². The summed E-state index contributed by atoms with van der Waals surface area (Å²) in [4.78, 5) is 13.5. The van der Waals surface area contributed by atoms with E-state index < -0.39 is 4.92 Å². The smallest absolute Gasteiger partial charge is 0.256 e. The average Bonchev–Trinajstić information content (AvgIpc) is 2.26. The molecule has 1 aromatic rings. The molecule has 0 aromatic carbocycles. The molecule has 0 amide bonds. The van der Waals surface area contributed by atoms with E-state index in [0.717, 1.165) is 6.20 Å². The molecular formula is C9H10ClN3O3. The minimum Gasteiger partial charge on any atom is -0.486 e. The number of ether oxygens (including phenoxy) is 1. The van der Waals surface area contributed by atoms with E-state index in [0.29, 0.717) is 16.6 Å². The molecule has 1 aromatic heterocycles. The first kappa shape index (κ1) is 12.3. The molecule has 0 atom stereocenters. The van der Waals surface area contributed by atoms with Crippen LogP contribution in [0.5, 0.6) is 5.75 Å². The molecule has 0 saturated carbocycles. The van der Waals surface area contributed by atoms with Gasteiger partial charge in [0.1, 0.15) is 23.2 Å². The van der Waals surface area contributed by atoms with Crippen LogP contribution in [0, 0.1) is 10.1 Å². The molecule has 0 aliphatic carbocycles. The van der Waals surface area contributed by atoms with Gasteiger partial charge in [0.05, 0.1) is 11.1 Å². The molecule has 0 spiro atoms. The van der Waals surface area contributed by atoms with Gasteiger partial charge >= 0.3 is 0 Å². The maximum absolute atomic E-state index is 10.2. The van der Waals surface area contributed by atoms with E-state index in [2.05, 4.69) is 10.3 Å². The molecule has 0 saturated heterocycles. The minimum absolute atomic E-state index is 0.0702. The van der Waals surface area contributed by atoms with Crippen molar-refractivity contribution in [2.75, 3.05) is 13.7 Å². The SMILES string of the molecule is CNC(=C[N+](=O)[O-])COc1ccc(Cl)nc1. The summed E-state index contributed by atoms with van der Waals surface area (Å²) in [7, 11) is 1.58. The summed E-state index contributed by atoms with van der Waals surface area (Å²) in [5, 5.41) is 13.3. The van der Waals surface area contributed by atoms with E-state index in [1.165, 1.54) is 6.20 Å². The molecule has 1 heterocycles. The maximum Gasteiger partial charge on any atom is 0.256 e. The lowest BCUT2D eigenvalue weighted by molar-refractivity contribution is -0.403. The highest BCUT2D eigenvalue weighted by Crippen LogP contribution is 2.12. The highest BCUT2D eigenvalue weighted by atomic mass is 35.5. The van der Waals surface area contributed by atoms with Crippen molar-refractivity contribution in [3.05, 3.63) is 45.5 Å². The topological polar surface area (TPSA) is 77.3 Å². The van der Waals surface area contributed by atoms with E-state index in [-0.39, 0.29) is 6.61 Å². The second-order valence-corrected chi connectivity index (χ2v) is 3.18. The fourth-order valence-electron chi connectivity index (χ4n) is 0.910. The van der Waals surface area contributed by atoms with Crippen LogP contribution in [-0.2, 0) is 0 Å². The number of halogens is 1. The second-order valence-electron chi connectivity index (χ2n) is 2.79. The van der Waals surface area contributed by atoms with Crippen molar-refractivity contribution in [2.45, 2.75) is 0 Å². The monoisotopic (exact) mass is 243 g/mol. The predicted octanol–water partition coefficient (Wildman–Crippen LogP) is 1.45. The second kappa shape index (κ2) is 5.92. The number of nitrogens with zero attached hydrogens (tertiary/aromatic N) is 2. The lowest BCUT2D eigenvalue weighted by Crippen LogP contribution is -2.15. The van der Waals surface area contributed by atoms with Gasteiger partial charge in [0, 0.05) is 7.05 Å². The molecule has 0 bridgehead atoms. The number of hydrogen-bond acceptors (Lipinski definition) is 5. The Balaban J connectivity index is 2.56. The van der Waals surface area contributed by atoms with Crippen LogP contribution in [-0.4, -0.2) is 23.6 Å². The summed E-state index contributed by atoms with van der Waals surface area (Å²) < 4.78 is 5.26. The zero-order valence-electron chi connectivity index (χ0n) is 8.51. The Morgan fingerprint density at radius 2 is 2.50 bits per heavy atom. The van der Waals surface area contributed by atoms with Crippen molar-refractivity contribution in [3.8, 4) is 5.75 Å². The summed E-state index contributed by atoms with van der Waals surface area (Å²) in [5.41, 5.74) is 0.361.